The third-order valence-corrected chi connectivity index (χ3v) is 45.0. The topological polar surface area (TPSA) is 264 Å². The normalized spacial score (nSPS) is 42.2. The molecule has 0 aliphatic heterocycles. The van der Waals surface area contributed by atoms with E-state index in [1.807, 2.05) is 0 Å². The molecule has 139 heavy (non-hydrogen) atoms. The number of aliphatic hydroxyl groups is 7. The zero-order valence-corrected chi connectivity index (χ0v) is 91.5. The van der Waals surface area contributed by atoms with Gasteiger partial charge in [-0.25, -0.2) is 0 Å². The number of esters is 1. The van der Waals surface area contributed by atoms with Crippen molar-refractivity contribution in [2.45, 2.75) is 446 Å². The molecule has 0 aromatic heterocycles. The Hall–Kier alpha value is -5.59. The molecule has 0 bridgehead atoms. The Bertz CT molecular complexity index is 4850. The van der Waals surface area contributed by atoms with E-state index in [1.54, 1.807) is 18.1 Å². The molecular weight excluding hydrogens is 1730 g/mol. The summed E-state index contributed by atoms with van der Waals surface area (Å²) in [5.41, 5.74) is 12.0. The van der Waals surface area contributed by atoms with Crippen molar-refractivity contribution in [3.63, 3.8) is 0 Å². The molecule has 16 aliphatic carbocycles. The van der Waals surface area contributed by atoms with Crippen LogP contribution < -0.4 is 0 Å². The van der Waals surface area contributed by atoms with Gasteiger partial charge in [0.2, 0.25) is 0 Å². The highest BCUT2D eigenvalue weighted by Crippen LogP contribution is 2.76. The summed E-state index contributed by atoms with van der Waals surface area (Å²) >= 11 is 0. The van der Waals surface area contributed by atoms with E-state index in [2.05, 4.69) is 236 Å². The van der Waals surface area contributed by atoms with Crippen molar-refractivity contribution in [2.75, 3.05) is 0 Å². The van der Waals surface area contributed by atoms with Gasteiger partial charge in [0.05, 0.1) is 42.2 Å². The number of aliphatic hydroxyl groups excluding tert-OH is 6. The number of ether oxygens (including phenoxy) is 4. The second-order valence-corrected chi connectivity index (χ2v) is 53.8. The molecule has 4 unspecified atom stereocenters. The van der Waals surface area contributed by atoms with E-state index in [0.29, 0.717) is 123 Å². The molecule has 0 spiro atoms. The Balaban J connectivity index is 0.000000156. The maximum Gasteiger partial charge on any atom is 0.302 e. The largest absolute Gasteiger partial charge is 0.464 e. The number of carbonyl (C=O) groups excluding carboxylic acids is 5. The lowest BCUT2D eigenvalue weighted by Gasteiger charge is -2.61. The molecule has 0 saturated heterocycles. The van der Waals surface area contributed by atoms with Gasteiger partial charge in [0, 0.05) is 58.8 Å². The second-order valence-electron chi connectivity index (χ2n) is 53.8. The highest BCUT2D eigenvalue weighted by molar-refractivity contribution is 6.00. The van der Waals surface area contributed by atoms with Crippen LogP contribution in [0, 0.1) is 159 Å². The van der Waals surface area contributed by atoms with Crippen molar-refractivity contribution in [3.8, 4) is 0 Å². The fourth-order valence-electron chi connectivity index (χ4n) is 34.7. The van der Waals surface area contributed by atoms with Gasteiger partial charge in [0.15, 0.2) is 5.78 Å². The molecule has 8 fully saturated rings. The molecule has 16 heteroatoms. The van der Waals surface area contributed by atoms with Gasteiger partial charge in [-0.05, 0) is 351 Å². The van der Waals surface area contributed by atoms with E-state index in [-0.39, 0.29) is 132 Å². The molecule has 16 aliphatic rings. The van der Waals surface area contributed by atoms with Gasteiger partial charge in [0.1, 0.15) is 24.4 Å². The summed E-state index contributed by atoms with van der Waals surface area (Å²) < 4.78 is 23.5. The number of hydrogen-bond donors (Lipinski definition) is 7. The first-order chi connectivity index (χ1) is 64.6. The zero-order chi connectivity index (χ0) is 103. The second kappa shape index (κ2) is 40.2. The van der Waals surface area contributed by atoms with Crippen LogP contribution in [0.5, 0.6) is 0 Å². The summed E-state index contributed by atoms with van der Waals surface area (Å²) in [6.45, 7) is 78.4. The first-order valence-corrected chi connectivity index (χ1v) is 55.1. The van der Waals surface area contributed by atoms with Gasteiger partial charge >= 0.3 is 5.97 Å². The van der Waals surface area contributed by atoms with Crippen LogP contribution in [0.3, 0.4) is 0 Å². The lowest BCUT2D eigenvalue weighted by Crippen LogP contribution is -2.61. The highest BCUT2D eigenvalue weighted by atomic mass is 16.6. The van der Waals surface area contributed by atoms with Crippen molar-refractivity contribution in [1.29, 1.82) is 0 Å². The molecule has 8 saturated carbocycles. The predicted octanol–water partition coefficient (Wildman–Crippen LogP) is 25.6. The van der Waals surface area contributed by atoms with E-state index >= 15 is 0 Å². The first kappa shape index (κ1) is 111. The average Bonchev–Trinajstić information content (AvgIpc) is 1.61. The van der Waals surface area contributed by atoms with Crippen molar-refractivity contribution >= 4 is 31.2 Å². The number of rotatable bonds is 27. The maximum atomic E-state index is 13.9. The Labute approximate surface area is 839 Å². The number of ketones is 1. The van der Waals surface area contributed by atoms with Gasteiger partial charge in [-0.3, -0.25) is 24.0 Å². The monoisotopic (exact) mass is 1920 g/mol. The molecule has 0 aromatic rings. The van der Waals surface area contributed by atoms with Crippen LogP contribution in [0.4, 0.5) is 0 Å². The van der Waals surface area contributed by atoms with Gasteiger partial charge in [-0.15, -0.1) is 0 Å². The van der Waals surface area contributed by atoms with Crippen LogP contribution in [0.25, 0.3) is 0 Å². The van der Waals surface area contributed by atoms with Crippen molar-refractivity contribution < 1.29 is 78.7 Å². The SMILES string of the molecule is C=C(CCC(OC=O)[C@H]1C[C@H](O)[C@@]2(C)C3=CC[C@H]4C(C)(C)[C@@H](O)CC[C@]4(C)C3=CC[C@]12C)C(C)C.C=C(CC[C@@H](C)[C@H]1CC[C@H]2C3=C(C(=O)C[C@]12C)[C@@]1(C)CCC(O)[C@](C)(O)C1CC3O)C(C)C.C=C(CC[C@@H](OC=O)[C@H]1CC[C@H]2C3=CC[C@H]4C(C)(C)[C@@H](O)CC[C@]4(C)C3=CC[C@]12C)C(C)C.C=C(CC[C@@H](OC=O)[C@H]1C[C@H](OC(C)=O)[C@@]2(C)C3=CC[C@H]4C(C)(C)[C@@H](O)CC[C@]4(C)C3=CC[C@]12C)C(C)C. The predicted molar refractivity (Wildman–Crippen MR) is 556 cm³/mol. The van der Waals surface area contributed by atoms with Crippen LogP contribution in [0.1, 0.15) is 380 Å². The molecule has 7 N–H and O–H groups in total. The van der Waals surface area contributed by atoms with E-state index in [9.17, 15) is 59.7 Å². The third kappa shape index (κ3) is 18.4. The van der Waals surface area contributed by atoms with E-state index in [1.165, 1.54) is 52.4 Å². The lowest BCUT2D eigenvalue weighted by atomic mass is 9.44. The fraction of sp³-hybridized carbons (Fsp3) is 0.780. The Morgan fingerprint density at radius 1 is 0.410 bits per heavy atom. The van der Waals surface area contributed by atoms with Gasteiger partial charge in [-0.1, -0.05) is 258 Å². The molecule has 16 rings (SSSR count). The minimum Gasteiger partial charge on any atom is -0.464 e. The summed E-state index contributed by atoms with van der Waals surface area (Å²) in [5, 5.41) is 77.3. The molecule has 0 amide bonds. The van der Waals surface area contributed by atoms with E-state index < -0.39 is 40.2 Å². The fourth-order valence-corrected chi connectivity index (χ4v) is 34.7. The van der Waals surface area contributed by atoms with Gasteiger partial charge < -0.3 is 54.7 Å². The van der Waals surface area contributed by atoms with E-state index in [4.69, 9.17) is 18.9 Å². The van der Waals surface area contributed by atoms with Crippen LogP contribution in [0.2, 0.25) is 0 Å². The Morgan fingerprint density at radius 2 is 0.791 bits per heavy atom. The molecule has 778 valence electrons. The number of allylic oxidation sites excluding steroid dienone is 15. The summed E-state index contributed by atoms with van der Waals surface area (Å²) in [6, 6.07) is 0. The van der Waals surface area contributed by atoms with Crippen LogP contribution in [-0.2, 0) is 42.9 Å². The van der Waals surface area contributed by atoms with Crippen molar-refractivity contribution in [1.82, 2.24) is 0 Å². The lowest BCUT2D eigenvalue weighted by molar-refractivity contribution is -0.174. The minimum atomic E-state index is -1.29. The molecular formula is C123H190O16. The van der Waals surface area contributed by atoms with Crippen molar-refractivity contribution in [3.05, 3.63) is 130 Å². The summed E-state index contributed by atoms with van der Waals surface area (Å²) in [7, 11) is 0. The van der Waals surface area contributed by atoms with Crippen LogP contribution in [0.15, 0.2) is 130 Å². The molecule has 0 heterocycles. The van der Waals surface area contributed by atoms with E-state index in [0.717, 1.165) is 164 Å². The summed E-state index contributed by atoms with van der Waals surface area (Å²) in [6.07, 6.45) is 37.3. The molecule has 32 atom stereocenters. The quantitative estimate of drug-likeness (QED) is 0.0174. The Morgan fingerprint density at radius 3 is 1.24 bits per heavy atom. The van der Waals surface area contributed by atoms with Gasteiger partial charge in [-0.2, -0.15) is 0 Å². The molecule has 16 nitrogen and oxygen atoms in total. The first-order valence-electron chi connectivity index (χ1n) is 55.1. The van der Waals surface area contributed by atoms with Crippen LogP contribution in [-0.4, -0.2) is 134 Å². The number of carbonyl (C=O) groups is 5. The molecule has 0 radical (unpaired) electrons. The maximum absolute atomic E-state index is 13.9. The number of fused-ring (bicyclic) bond motifs is 19. The summed E-state index contributed by atoms with van der Waals surface area (Å²) in [4.78, 5) is 61.0. The standard InChI is InChI=1S/C33H50O5.C31H48O4.C30H46O3.C29H46O4/c1-20(2)21(3)10-12-26(37-19-34)25-18-29(38-22(4)35)33(9)24-11-13-27-30(5,6)28(36)15-16-31(27,7)23(24)14-17-32(25,33)8;1-19(2)20(3)9-11-24(35-18-32)23-17-27(34)31(8)22-10-12-25-28(4,5)26(33)14-15-29(25,6)21(22)13-16-30(23,31)7;1-19(2)20(3)8-12-25(33-18-31)24-11-10-22-21-9-13-26-28(4,5)27(32)15-17-30(26,7)23(21)14-16-29(22,24)6;1-16(2)17(3)8-9-18(4)19-10-11-20-25-21(30)14-23-27(5,13-12-24(32)29(23,7)33)26(25)22(31)15-28(19,20)6/h11,14,19-20,25-29,36H,3,10,12-13,15-18H2,1-2,4-9H3;10,13,18-19,23-27,33-34H,3,9,11-12,14-17H2,1-2,4-8H3;9,14,18-19,22,24-27,32H,3,8,10-13,15-17H2,1-2,4-7H3;16,18-21,23-24,30,32-33H,3,8-15H2,1-2,4-7H3/t25-,26-,27+,28+,29+,31-,32-,33-;23-,24?,25+,26+,27+,29-,30-,31-;22-,24+,25+,26-,27-,29-,30+;18-,19-,20+,21?,23?,24?,27+,28-,29-/m1101/s1. The smallest absolute Gasteiger partial charge is 0.302 e. The molecule has 0 aromatic carbocycles. The Kier molecular flexibility index (Phi) is 32.0. The average molecular weight is 1920 g/mol. The zero-order valence-electron chi connectivity index (χ0n) is 91.5. The number of Topliss-reactive ketones (excluding diaryl/α,β-unsaturated/α-hetero) is 1. The van der Waals surface area contributed by atoms with Crippen LogP contribution >= 0.6 is 0 Å². The van der Waals surface area contributed by atoms with Crippen molar-refractivity contribution in [2.24, 2.45) is 159 Å². The summed E-state index contributed by atoms with van der Waals surface area (Å²) in [5.74, 6) is 4.85. The third-order valence-electron chi connectivity index (χ3n) is 45.0. The highest BCUT2D eigenvalue weighted by Gasteiger charge is 2.72. The van der Waals surface area contributed by atoms with Gasteiger partial charge in [0.25, 0.3) is 19.4 Å². The number of hydrogen-bond acceptors (Lipinski definition) is 16. The minimum absolute atomic E-state index is 0.00264.